The van der Waals surface area contributed by atoms with Gasteiger partial charge in [-0.2, -0.15) is 0 Å². The second-order valence-corrected chi connectivity index (χ2v) is 6.91. The molecule has 6 nitrogen and oxygen atoms in total. The Labute approximate surface area is 150 Å². The molecule has 0 spiro atoms. The summed E-state index contributed by atoms with van der Waals surface area (Å²) in [6.45, 7) is 0. The lowest BCUT2D eigenvalue weighted by Crippen LogP contribution is -2.42. The molecule has 132 valence electrons. The first-order valence-electron chi connectivity index (χ1n) is 8.94. The molecule has 4 heterocycles. The highest BCUT2D eigenvalue weighted by atomic mass is 16.4. The van der Waals surface area contributed by atoms with Crippen molar-refractivity contribution in [2.45, 2.75) is 37.4 Å². The molecule has 2 saturated heterocycles. The van der Waals surface area contributed by atoms with Gasteiger partial charge < -0.3 is 19.5 Å². The van der Waals surface area contributed by atoms with Crippen LogP contribution in [-0.4, -0.2) is 29.0 Å². The van der Waals surface area contributed by atoms with E-state index in [0.717, 1.165) is 24.0 Å². The average Bonchev–Trinajstić information content (AvgIpc) is 3.46. The van der Waals surface area contributed by atoms with Gasteiger partial charge in [-0.3, -0.25) is 4.79 Å². The highest BCUT2D eigenvalue weighted by Crippen LogP contribution is 2.32. The molecule has 3 atom stereocenters. The third-order valence-corrected chi connectivity index (χ3v) is 5.30. The van der Waals surface area contributed by atoms with Crippen molar-refractivity contribution >= 4 is 5.91 Å². The van der Waals surface area contributed by atoms with Gasteiger partial charge in [0, 0.05) is 29.3 Å². The molecule has 1 aromatic carbocycles. The van der Waals surface area contributed by atoms with Crippen LogP contribution in [0.15, 0.2) is 57.7 Å². The number of hydrogen-bond acceptors (Lipinski definition) is 5. The molecule has 0 aliphatic carbocycles. The predicted molar refractivity (Wildman–Crippen MR) is 95.5 cm³/mol. The normalized spacial score (nSPS) is 24.1. The van der Waals surface area contributed by atoms with E-state index >= 15 is 0 Å². The Kier molecular flexibility index (Phi) is 3.64. The lowest BCUT2D eigenvalue weighted by atomic mass is 9.95. The highest BCUT2D eigenvalue weighted by molar-refractivity contribution is 5.92. The van der Waals surface area contributed by atoms with Gasteiger partial charge in [0.25, 0.3) is 5.91 Å². The smallest absolute Gasteiger partial charge is 0.287 e. The second-order valence-electron chi connectivity index (χ2n) is 6.91. The summed E-state index contributed by atoms with van der Waals surface area (Å²) in [7, 11) is 0. The van der Waals surface area contributed by atoms with Crippen molar-refractivity contribution in [3.63, 3.8) is 0 Å². The van der Waals surface area contributed by atoms with Gasteiger partial charge in [-0.15, -0.1) is 0 Å². The summed E-state index contributed by atoms with van der Waals surface area (Å²) in [5, 5.41) is 6.63. The van der Waals surface area contributed by atoms with Gasteiger partial charge >= 0.3 is 0 Å². The first-order valence-corrected chi connectivity index (χ1v) is 8.94. The van der Waals surface area contributed by atoms with E-state index in [4.69, 9.17) is 8.83 Å². The van der Waals surface area contributed by atoms with E-state index in [1.54, 1.807) is 12.3 Å². The van der Waals surface area contributed by atoms with E-state index in [0.29, 0.717) is 29.5 Å². The summed E-state index contributed by atoms with van der Waals surface area (Å²) in [5.74, 6) is 1.31. The number of hydrogen-bond donors (Lipinski definition) is 2. The number of aromatic nitrogens is 1. The van der Waals surface area contributed by atoms with Crippen molar-refractivity contribution in [3.8, 4) is 22.8 Å². The molecule has 5 rings (SSSR count). The molecule has 2 aromatic heterocycles. The first-order chi connectivity index (χ1) is 12.8. The fourth-order valence-corrected chi connectivity index (χ4v) is 4.07. The summed E-state index contributed by atoms with van der Waals surface area (Å²) in [6, 6.07) is 12.4. The minimum atomic E-state index is -0.163. The fraction of sp³-hybridized carbons (Fsp3) is 0.300. The van der Waals surface area contributed by atoms with Crippen LogP contribution in [0.2, 0.25) is 0 Å². The lowest BCUT2D eigenvalue weighted by molar-refractivity contribution is 0.0903. The molecule has 6 heteroatoms. The van der Waals surface area contributed by atoms with Gasteiger partial charge in [0.05, 0.1) is 6.20 Å². The van der Waals surface area contributed by atoms with E-state index in [-0.39, 0.29) is 11.9 Å². The van der Waals surface area contributed by atoms with E-state index < -0.39 is 0 Å². The van der Waals surface area contributed by atoms with Crippen LogP contribution >= 0.6 is 0 Å². The number of carbonyl (C=O) groups excluding carboxylic acids is 1. The Morgan fingerprint density at radius 2 is 2.04 bits per heavy atom. The molecule has 0 saturated carbocycles. The van der Waals surface area contributed by atoms with Crippen molar-refractivity contribution in [1.29, 1.82) is 0 Å². The van der Waals surface area contributed by atoms with Crippen LogP contribution in [0.5, 0.6) is 0 Å². The Balaban J connectivity index is 1.38. The minimum Gasteiger partial charge on any atom is -0.451 e. The Morgan fingerprint density at radius 1 is 1.15 bits per heavy atom. The van der Waals surface area contributed by atoms with E-state index in [1.165, 1.54) is 12.7 Å². The zero-order chi connectivity index (χ0) is 17.5. The molecule has 26 heavy (non-hydrogen) atoms. The molecule has 2 N–H and O–H groups in total. The van der Waals surface area contributed by atoms with E-state index in [9.17, 15) is 4.79 Å². The molecule has 2 fully saturated rings. The van der Waals surface area contributed by atoms with Crippen molar-refractivity contribution < 1.29 is 13.6 Å². The molecule has 2 bridgehead atoms. The number of benzene rings is 1. The van der Waals surface area contributed by atoms with Crippen molar-refractivity contribution in [2.24, 2.45) is 0 Å². The van der Waals surface area contributed by atoms with Crippen LogP contribution in [0.1, 0.15) is 29.8 Å². The molecule has 2 aliphatic heterocycles. The first kappa shape index (κ1) is 15.4. The number of amides is 1. The molecule has 1 amide bonds. The van der Waals surface area contributed by atoms with Crippen molar-refractivity contribution in [1.82, 2.24) is 15.6 Å². The Bertz CT molecular complexity index is 931. The Hall–Kier alpha value is -2.86. The van der Waals surface area contributed by atoms with Crippen LogP contribution in [0, 0.1) is 0 Å². The standard InChI is InChI=1S/C20H19N3O3/c24-19(23-16-11-12-5-6-15(16)22-12)18-8-7-17(26-18)13-3-1-2-4-14(13)20-21-9-10-25-20/h1-4,7-10,12,15-16,22H,5-6,11H2,(H,23,24). The number of furan rings is 1. The quantitative estimate of drug-likeness (QED) is 0.756. The van der Waals surface area contributed by atoms with Gasteiger partial charge in [0.2, 0.25) is 5.89 Å². The van der Waals surface area contributed by atoms with Gasteiger partial charge in [0.1, 0.15) is 12.0 Å². The zero-order valence-electron chi connectivity index (χ0n) is 14.1. The maximum absolute atomic E-state index is 12.6. The molecule has 0 radical (unpaired) electrons. The maximum atomic E-state index is 12.6. The number of carbonyl (C=O) groups is 1. The maximum Gasteiger partial charge on any atom is 0.287 e. The molecule has 2 aliphatic rings. The minimum absolute atomic E-state index is 0.163. The summed E-state index contributed by atoms with van der Waals surface area (Å²) in [5.41, 5.74) is 1.67. The van der Waals surface area contributed by atoms with Gasteiger partial charge in [-0.05, 0) is 37.5 Å². The molecular formula is C20H19N3O3. The van der Waals surface area contributed by atoms with Crippen LogP contribution in [0.3, 0.4) is 0 Å². The molecular weight excluding hydrogens is 330 g/mol. The van der Waals surface area contributed by atoms with Crippen LogP contribution in [0.25, 0.3) is 22.8 Å². The van der Waals surface area contributed by atoms with Crippen molar-refractivity contribution in [2.75, 3.05) is 0 Å². The van der Waals surface area contributed by atoms with E-state index in [1.807, 2.05) is 30.3 Å². The van der Waals surface area contributed by atoms with E-state index in [2.05, 4.69) is 15.6 Å². The number of oxazole rings is 1. The second kappa shape index (κ2) is 6.14. The van der Waals surface area contributed by atoms with Gasteiger partial charge in [-0.1, -0.05) is 18.2 Å². The predicted octanol–water partition coefficient (Wildman–Crippen LogP) is 3.22. The average molecular weight is 349 g/mol. The molecule has 3 aromatic rings. The summed E-state index contributed by atoms with van der Waals surface area (Å²) < 4.78 is 11.3. The zero-order valence-corrected chi connectivity index (χ0v) is 14.1. The largest absolute Gasteiger partial charge is 0.451 e. The summed E-state index contributed by atoms with van der Waals surface area (Å²) in [4.78, 5) is 16.8. The lowest BCUT2D eigenvalue weighted by Gasteiger charge is -2.20. The highest BCUT2D eigenvalue weighted by Gasteiger charge is 2.40. The van der Waals surface area contributed by atoms with Crippen LogP contribution < -0.4 is 10.6 Å². The number of nitrogens with zero attached hydrogens (tertiary/aromatic N) is 1. The summed E-state index contributed by atoms with van der Waals surface area (Å²) in [6.07, 6.45) is 6.48. The summed E-state index contributed by atoms with van der Waals surface area (Å²) >= 11 is 0. The number of nitrogens with one attached hydrogen (secondary N) is 2. The van der Waals surface area contributed by atoms with Crippen LogP contribution in [-0.2, 0) is 0 Å². The third kappa shape index (κ3) is 2.63. The topological polar surface area (TPSA) is 80.3 Å². The number of rotatable bonds is 4. The molecule has 3 unspecified atom stereocenters. The number of fused-ring (bicyclic) bond motifs is 2. The third-order valence-electron chi connectivity index (χ3n) is 5.30. The fourth-order valence-electron chi connectivity index (χ4n) is 4.07. The Morgan fingerprint density at radius 3 is 2.77 bits per heavy atom. The van der Waals surface area contributed by atoms with Gasteiger partial charge in [0.15, 0.2) is 5.76 Å². The SMILES string of the molecule is O=C(NC1CC2CCC1N2)c1ccc(-c2ccccc2-c2ncco2)o1. The van der Waals surface area contributed by atoms with Crippen LogP contribution in [0.4, 0.5) is 0 Å². The monoisotopic (exact) mass is 349 g/mol. The van der Waals surface area contributed by atoms with Gasteiger partial charge in [-0.25, -0.2) is 4.98 Å². The van der Waals surface area contributed by atoms with Crippen molar-refractivity contribution in [3.05, 3.63) is 54.6 Å².